The first kappa shape index (κ1) is 13.6. The first-order valence-electron chi connectivity index (χ1n) is 6.44. The van der Waals surface area contributed by atoms with E-state index in [1.165, 1.54) is 0 Å². The molecule has 1 saturated heterocycles. The largest absolute Gasteiger partial charge is 0.313 e. The summed E-state index contributed by atoms with van der Waals surface area (Å²) in [6.07, 6.45) is 2.04. The highest BCUT2D eigenvalue weighted by Crippen LogP contribution is 2.24. The smallest absolute Gasteiger partial charge is 0.180 e. The van der Waals surface area contributed by atoms with Gasteiger partial charge in [-0.3, -0.25) is 0 Å². The molecule has 0 aromatic heterocycles. The van der Waals surface area contributed by atoms with Crippen molar-refractivity contribution < 1.29 is 8.42 Å². The normalized spacial score (nSPS) is 20.3. The van der Waals surface area contributed by atoms with Crippen LogP contribution in [0.25, 0.3) is 0 Å². The quantitative estimate of drug-likeness (QED) is 0.912. The molecular formula is C14H21NO2S. The lowest BCUT2D eigenvalue weighted by molar-refractivity contribution is 0.576. The highest BCUT2D eigenvalue weighted by atomic mass is 32.2. The Hall–Kier alpha value is -0.870. The van der Waals surface area contributed by atoms with Crippen molar-refractivity contribution in [3.63, 3.8) is 0 Å². The van der Waals surface area contributed by atoms with E-state index < -0.39 is 9.84 Å². The highest BCUT2D eigenvalue weighted by Gasteiger charge is 2.26. The third-order valence-corrected chi connectivity index (χ3v) is 5.61. The summed E-state index contributed by atoms with van der Waals surface area (Å²) in [5.74, 6) is 0.220. The van der Waals surface area contributed by atoms with Crippen LogP contribution in [0.1, 0.15) is 29.5 Å². The van der Waals surface area contributed by atoms with Crippen LogP contribution in [0.5, 0.6) is 0 Å². The van der Waals surface area contributed by atoms with Crippen molar-refractivity contribution in [3.05, 3.63) is 28.8 Å². The van der Waals surface area contributed by atoms with Gasteiger partial charge in [-0.2, -0.15) is 0 Å². The molecule has 1 N–H and O–H groups in total. The Balaban J connectivity index is 2.34. The highest BCUT2D eigenvalue weighted by molar-refractivity contribution is 7.91. The van der Waals surface area contributed by atoms with Crippen molar-refractivity contribution >= 4 is 9.84 Å². The Bertz CT molecular complexity index is 520. The van der Waals surface area contributed by atoms with Gasteiger partial charge >= 0.3 is 0 Å². The fourth-order valence-corrected chi connectivity index (χ4v) is 4.98. The van der Waals surface area contributed by atoms with E-state index in [2.05, 4.69) is 5.32 Å². The van der Waals surface area contributed by atoms with Gasteiger partial charge in [-0.15, -0.1) is 0 Å². The molecule has 1 aromatic carbocycles. The summed E-state index contributed by atoms with van der Waals surface area (Å²) in [7, 11) is -3.18. The van der Waals surface area contributed by atoms with E-state index in [0.717, 1.165) is 36.1 Å². The Morgan fingerprint density at radius 1 is 1.22 bits per heavy atom. The molecule has 0 amide bonds. The first-order valence-corrected chi connectivity index (χ1v) is 8.09. The van der Waals surface area contributed by atoms with Crippen molar-refractivity contribution in [2.45, 2.75) is 44.6 Å². The molecule has 1 unspecified atom stereocenters. The molecule has 0 saturated carbocycles. The third kappa shape index (κ3) is 2.75. The molecule has 1 fully saturated rings. The fraction of sp³-hybridized carbons (Fsp3) is 0.571. The minimum Gasteiger partial charge on any atom is -0.313 e. The van der Waals surface area contributed by atoms with Gasteiger partial charge in [0, 0.05) is 6.04 Å². The van der Waals surface area contributed by atoms with Gasteiger partial charge in [0.05, 0.1) is 10.6 Å². The fourth-order valence-electron chi connectivity index (χ4n) is 2.90. The molecule has 1 atom stereocenters. The Kier molecular flexibility index (Phi) is 3.78. The number of benzene rings is 1. The van der Waals surface area contributed by atoms with Crippen LogP contribution < -0.4 is 5.32 Å². The molecule has 0 radical (unpaired) electrons. The molecule has 1 aromatic rings. The summed E-state index contributed by atoms with van der Waals surface area (Å²) in [5, 5.41) is 3.25. The maximum Gasteiger partial charge on any atom is 0.180 e. The number of rotatable bonds is 3. The van der Waals surface area contributed by atoms with Gasteiger partial charge in [-0.05, 0) is 51.3 Å². The van der Waals surface area contributed by atoms with Crippen molar-refractivity contribution in [1.29, 1.82) is 0 Å². The number of hydrogen-bond acceptors (Lipinski definition) is 3. The first-order chi connectivity index (χ1) is 8.40. The van der Waals surface area contributed by atoms with Gasteiger partial charge in [0.1, 0.15) is 0 Å². The van der Waals surface area contributed by atoms with Gasteiger partial charge in [0.25, 0.3) is 0 Å². The topological polar surface area (TPSA) is 46.2 Å². The minimum atomic E-state index is -3.18. The summed E-state index contributed by atoms with van der Waals surface area (Å²) < 4.78 is 25.0. The van der Waals surface area contributed by atoms with Crippen LogP contribution in [0.15, 0.2) is 17.0 Å². The van der Waals surface area contributed by atoms with Crippen molar-refractivity contribution in [2.24, 2.45) is 0 Å². The lowest BCUT2D eigenvalue weighted by atomic mass is 10.1. The molecule has 0 bridgehead atoms. The molecule has 100 valence electrons. The van der Waals surface area contributed by atoms with Gasteiger partial charge in [-0.25, -0.2) is 8.42 Å². The predicted octanol–water partition coefficient (Wildman–Crippen LogP) is 2.14. The van der Waals surface area contributed by atoms with Gasteiger partial charge < -0.3 is 5.32 Å². The number of sulfone groups is 1. The molecule has 1 aliphatic heterocycles. The SMILES string of the molecule is Cc1cc(C)c(S(=O)(=O)CC2CCCN2)c(C)c1. The molecule has 2 rings (SSSR count). The van der Waals surface area contributed by atoms with Crippen LogP contribution in [0, 0.1) is 20.8 Å². The Morgan fingerprint density at radius 3 is 2.33 bits per heavy atom. The van der Waals surface area contributed by atoms with Crippen molar-refractivity contribution in [2.75, 3.05) is 12.3 Å². The third-order valence-electron chi connectivity index (χ3n) is 3.50. The zero-order chi connectivity index (χ0) is 13.3. The van der Waals surface area contributed by atoms with Crippen LogP contribution >= 0.6 is 0 Å². The Morgan fingerprint density at radius 2 is 1.83 bits per heavy atom. The van der Waals surface area contributed by atoms with Crippen LogP contribution in [0.2, 0.25) is 0 Å². The number of nitrogens with one attached hydrogen (secondary N) is 1. The molecule has 0 spiro atoms. The lowest BCUT2D eigenvalue weighted by Crippen LogP contribution is -2.30. The van der Waals surface area contributed by atoms with E-state index >= 15 is 0 Å². The summed E-state index contributed by atoms with van der Waals surface area (Å²) in [6, 6.07) is 4.01. The van der Waals surface area contributed by atoms with Gasteiger partial charge in [-0.1, -0.05) is 17.7 Å². The van der Waals surface area contributed by atoms with Crippen LogP contribution in [0.3, 0.4) is 0 Å². The van der Waals surface area contributed by atoms with E-state index in [9.17, 15) is 8.42 Å². The van der Waals surface area contributed by atoms with Gasteiger partial charge in [0.2, 0.25) is 0 Å². The average molecular weight is 267 g/mol. The second-order valence-electron chi connectivity index (χ2n) is 5.30. The van der Waals surface area contributed by atoms with E-state index in [1.54, 1.807) is 0 Å². The summed E-state index contributed by atoms with van der Waals surface area (Å²) in [4.78, 5) is 0.529. The standard InChI is InChI=1S/C14H21NO2S/c1-10-7-11(2)14(12(3)8-10)18(16,17)9-13-5-4-6-15-13/h7-8,13,15H,4-6,9H2,1-3H3. The maximum atomic E-state index is 12.5. The molecule has 1 heterocycles. The molecule has 3 nitrogen and oxygen atoms in total. The second-order valence-corrected chi connectivity index (χ2v) is 7.27. The zero-order valence-electron chi connectivity index (χ0n) is 11.3. The van der Waals surface area contributed by atoms with Crippen LogP contribution in [-0.4, -0.2) is 26.8 Å². The van der Waals surface area contributed by atoms with E-state index in [-0.39, 0.29) is 11.8 Å². The van der Waals surface area contributed by atoms with Crippen molar-refractivity contribution in [3.8, 4) is 0 Å². The summed E-state index contributed by atoms with van der Waals surface area (Å²) in [5.41, 5.74) is 2.85. The van der Waals surface area contributed by atoms with E-state index in [1.807, 2.05) is 32.9 Å². The number of hydrogen-bond donors (Lipinski definition) is 1. The average Bonchev–Trinajstić information content (AvgIpc) is 2.66. The molecule has 18 heavy (non-hydrogen) atoms. The number of aryl methyl sites for hydroxylation is 3. The summed E-state index contributed by atoms with van der Waals surface area (Å²) >= 11 is 0. The molecule has 1 aliphatic rings. The Labute approximate surface area is 110 Å². The van der Waals surface area contributed by atoms with Gasteiger partial charge in [0.15, 0.2) is 9.84 Å². The minimum absolute atomic E-state index is 0.120. The van der Waals surface area contributed by atoms with Crippen LogP contribution in [-0.2, 0) is 9.84 Å². The summed E-state index contributed by atoms with van der Waals surface area (Å²) in [6.45, 7) is 6.70. The van der Waals surface area contributed by atoms with Crippen molar-refractivity contribution in [1.82, 2.24) is 5.32 Å². The second kappa shape index (κ2) is 5.02. The van der Waals surface area contributed by atoms with E-state index in [4.69, 9.17) is 0 Å². The molecular weight excluding hydrogens is 246 g/mol. The molecule has 0 aliphatic carbocycles. The molecule has 4 heteroatoms. The van der Waals surface area contributed by atoms with E-state index in [0.29, 0.717) is 4.90 Å². The zero-order valence-corrected chi connectivity index (χ0v) is 12.1. The predicted molar refractivity (Wildman–Crippen MR) is 73.7 cm³/mol. The lowest BCUT2D eigenvalue weighted by Gasteiger charge is -2.15. The maximum absolute atomic E-state index is 12.5. The monoisotopic (exact) mass is 267 g/mol. The van der Waals surface area contributed by atoms with Crippen LogP contribution in [0.4, 0.5) is 0 Å².